The molecule has 4 atom stereocenters. The van der Waals surface area contributed by atoms with E-state index in [2.05, 4.69) is 44.8 Å². The van der Waals surface area contributed by atoms with Crippen molar-refractivity contribution in [2.45, 2.75) is 47.1 Å². The molecule has 0 bridgehead atoms. The number of hydrogen-bond donors (Lipinski definition) is 1. The van der Waals surface area contributed by atoms with Crippen LogP contribution in [0, 0.1) is 17.8 Å². The van der Waals surface area contributed by atoms with Gasteiger partial charge in [0.1, 0.15) is 0 Å². The van der Waals surface area contributed by atoms with Gasteiger partial charge in [-0.25, -0.2) is 0 Å². The lowest BCUT2D eigenvalue weighted by molar-refractivity contribution is 0.109. The Morgan fingerprint density at radius 3 is 2.06 bits per heavy atom. The Labute approximate surface area is 102 Å². The lowest BCUT2D eigenvalue weighted by Crippen LogP contribution is -2.47. The van der Waals surface area contributed by atoms with Crippen molar-refractivity contribution in [3.63, 3.8) is 0 Å². The van der Waals surface area contributed by atoms with Crippen molar-refractivity contribution in [3.05, 3.63) is 0 Å². The minimum absolute atomic E-state index is 0.730. The van der Waals surface area contributed by atoms with Crippen molar-refractivity contribution in [2.75, 3.05) is 26.2 Å². The first-order chi connectivity index (χ1) is 7.54. The second-order valence-electron chi connectivity index (χ2n) is 5.95. The summed E-state index contributed by atoms with van der Waals surface area (Å²) in [6.45, 7) is 16.7. The van der Waals surface area contributed by atoms with Crippen LogP contribution in [-0.4, -0.2) is 37.1 Å². The molecule has 96 valence electrons. The maximum absolute atomic E-state index is 3.56. The summed E-state index contributed by atoms with van der Waals surface area (Å²) in [5, 5.41) is 3.56. The largest absolute Gasteiger partial charge is 0.316 e. The molecule has 1 saturated heterocycles. The molecule has 16 heavy (non-hydrogen) atoms. The summed E-state index contributed by atoms with van der Waals surface area (Å²) in [7, 11) is 0. The summed E-state index contributed by atoms with van der Waals surface area (Å²) in [5.41, 5.74) is 0. The minimum atomic E-state index is 0.730. The molecule has 1 rings (SSSR count). The van der Waals surface area contributed by atoms with Gasteiger partial charge in [-0.15, -0.1) is 0 Å². The summed E-state index contributed by atoms with van der Waals surface area (Å²) in [6.07, 6.45) is 1.29. The highest BCUT2D eigenvalue weighted by molar-refractivity contribution is 4.79. The van der Waals surface area contributed by atoms with Crippen LogP contribution in [0.2, 0.25) is 0 Å². The van der Waals surface area contributed by atoms with Crippen molar-refractivity contribution in [3.8, 4) is 0 Å². The molecular formula is C14H30N2. The van der Waals surface area contributed by atoms with Gasteiger partial charge in [-0.2, -0.15) is 0 Å². The molecule has 0 saturated carbocycles. The number of nitrogens with zero attached hydrogens (tertiary/aromatic N) is 1. The summed E-state index contributed by atoms with van der Waals surface area (Å²) >= 11 is 0. The summed E-state index contributed by atoms with van der Waals surface area (Å²) < 4.78 is 0. The van der Waals surface area contributed by atoms with Crippen molar-refractivity contribution in [1.82, 2.24) is 10.2 Å². The van der Waals surface area contributed by atoms with Gasteiger partial charge in [0.05, 0.1) is 0 Å². The Morgan fingerprint density at radius 2 is 1.62 bits per heavy atom. The van der Waals surface area contributed by atoms with Gasteiger partial charge in [0.25, 0.3) is 0 Å². The first kappa shape index (κ1) is 14.0. The first-order valence-corrected chi connectivity index (χ1v) is 6.99. The topological polar surface area (TPSA) is 15.3 Å². The van der Waals surface area contributed by atoms with Crippen LogP contribution in [0.1, 0.15) is 41.0 Å². The van der Waals surface area contributed by atoms with Crippen molar-refractivity contribution in [1.29, 1.82) is 0 Å². The van der Waals surface area contributed by atoms with Gasteiger partial charge in [-0.05, 0) is 37.8 Å². The minimum Gasteiger partial charge on any atom is -0.316 e. The first-order valence-electron chi connectivity index (χ1n) is 6.99. The molecule has 0 spiro atoms. The van der Waals surface area contributed by atoms with E-state index in [1.165, 1.54) is 32.6 Å². The zero-order valence-corrected chi connectivity index (χ0v) is 11.8. The van der Waals surface area contributed by atoms with Crippen LogP contribution in [-0.2, 0) is 0 Å². The third kappa shape index (κ3) is 4.06. The molecule has 1 N–H and O–H groups in total. The Bertz CT molecular complexity index is 181. The van der Waals surface area contributed by atoms with Gasteiger partial charge in [0.15, 0.2) is 0 Å². The predicted octanol–water partition coefficient (Wildman–Crippen LogP) is 2.60. The molecular weight excluding hydrogens is 196 g/mol. The quantitative estimate of drug-likeness (QED) is 0.796. The maximum Gasteiger partial charge on any atom is 0.00927 e. The maximum atomic E-state index is 3.56. The molecule has 1 aliphatic heterocycles. The van der Waals surface area contributed by atoms with E-state index in [0.29, 0.717) is 0 Å². The smallest absolute Gasteiger partial charge is 0.00927 e. The molecule has 2 nitrogen and oxygen atoms in total. The fourth-order valence-electron chi connectivity index (χ4n) is 2.61. The molecule has 1 heterocycles. The zero-order valence-electron chi connectivity index (χ0n) is 11.8. The highest BCUT2D eigenvalue weighted by Gasteiger charge is 2.23. The van der Waals surface area contributed by atoms with Crippen molar-refractivity contribution in [2.24, 2.45) is 17.8 Å². The molecule has 4 unspecified atom stereocenters. The molecule has 0 radical (unpaired) electrons. The van der Waals surface area contributed by atoms with E-state index in [4.69, 9.17) is 0 Å². The van der Waals surface area contributed by atoms with Crippen LogP contribution in [0.4, 0.5) is 0 Å². The van der Waals surface area contributed by atoms with Crippen molar-refractivity contribution >= 4 is 0 Å². The second kappa shape index (κ2) is 6.61. The lowest BCUT2D eigenvalue weighted by Gasteiger charge is -2.38. The average molecular weight is 226 g/mol. The Balaban J connectivity index is 2.58. The van der Waals surface area contributed by atoms with Crippen LogP contribution in [0.5, 0.6) is 0 Å². The highest BCUT2D eigenvalue weighted by Crippen LogP contribution is 2.18. The molecule has 0 aromatic carbocycles. The van der Waals surface area contributed by atoms with Crippen LogP contribution < -0.4 is 5.32 Å². The number of rotatable bonds is 3. The van der Waals surface area contributed by atoms with Gasteiger partial charge < -0.3 is 5.32 Å². The number of hydrogen-bond acceptors (Lipinski definition) is 2. The van der Waals surface area contributed by atoms with E-state index in [0.717, 1.165) is 23.8 Å². The third-order valence-corrected chi connectivity index (χ3v) is 4.12. The highest BCUT2D eigenvalue weighted by atomic mass is 15.2. The van der Waals surface area contributed by atoms with Gasteiger partial charge in [-0.3, -0.25) is 4.90 Å². The molecule has 1 aliphatic rings. The Kier molecular flexibility index (Phi) is 5.77. The number of nitrogens with one attached hydrogen (secondary N) is 1. The van der Waals surface area contributed by atoms with E-state index in [9.17, 15) is 0 Å². The standard InChI is InChI=1S/C14H30N2/c1-6-13(4)14(5)16-9-11(2)7-15-8-12(3)10-16/h11-15H,6-10H2,1-5H3. The summed E-state index contributed by atoms with van der Waals surface area (Å²) in [6, 6.07) is 0.730. The molecule has 2 heteroatoms. The van der Waals surface area contributed by atoms with E-state index in [1.54, 1.807) is 0 Å². The fourth-order valence-corrected chi connectivity index (χ4v) is 2.61. The Morgan fingerprint density at radius 1 is 1.12 bits per heavy atom. The van der Waals surface area contributed by atoms with Gasteiger partial charge in [0, 0.05) is 19.1 Å². The zero-order chi connectivity index (χ0) is 12.1. The molecule has 0 aliphatic carbocycles. The second-order valence-corrected chi connectivity index (χ2v) is 5.95. The van der Waals surface area contributed by atoms with E-state index >= 15 is 0 Å². The van der Waals surface area contributed by atoms with E-state index in [1.807, 2.05) is 0 Å². The van der Waals surface area contributed by atoms with Gasteiger partial charge in [0.2, 0.25) is 0 Å². The fraction of sp³-hybridized carbons (Fsp3) is 1.00. The molecule has 0 aromatic rings. The lowest BCUT2D eigenvalue weighted by atomic mass is 9.96. The van der Waals surface area contributed by atoms with E-state index < -0.39 is 0 Å². The van der Waals surface area contributed by atoms with Crippen LogP contribution in [0.25, 0.3) is 0 Å². The molecule has 0 amide bonds. The summed E-state index contributed by atoms with van der Waals surface area (Å²) in [4.78, 5) is 2.71. The third-order valence-electron chi connectivity index (χ3n) is 4.12. The summed E-state index contributed by atoms with van der Waals surface area (Å²) in [5.74, 6) is 2.37. The predicted molar refractivity (Wildman–Crippen MR) is 71.7 cm³/mol. The molecule has 0 aromatic heterocycles. The monoisotopic (exact) mass is 226 g/mol. The van der Waals surface area contributed by atoms with Gasteiger partial charge in [-0.1, -0.05) is 34.1 Å². The van der Waals surface area contributed by atoms with Crippen molar-refractivity contribution < 1.29 is 0 Å². The normalized spacial score (nSPS) is 32.8. The molecule has 1 fully saturated rings. The van der Waals surface area contributed by atoms with Crippen LogP contribution >= 0.6 is 0 Å². The van der Waals surface area contributed by atoms with Crippen LogP contribution in [0.3, 0.4) is 0 Å². The SMILES string of the molecule is CCC(C)C(C)N1CC(C)CNCC(C)C1. The van der Waals surface area contributed by atoms with Crippen LogP contribution in [0.15, 0.2) is 0 Å². The van der Waals surface area contributed by atoms with E-state index in [-0.39, 0.29) is 0 Å². The Hall–Kier alpha value is -0.0800. The van der Waals surface area contributed by atoms with Gasteiger partial charge >= 0.3 is 0 Å². The average Bonchev–Trinajstić information content (AvgIpc) is 2.23.